The molecule has 0 aliphatic carbocycles. The number of halogens is 3. The van der Waals surface area contributed by atoms with E-state index in [1.807, 2.05) is 6.92 Å². The first kappa shape index (κ1) is 22.5. The Morgan fingerprint density at radius 1 is 1.19 bits per heavy atom. The Labute approximate surface area is 198 Å². The van der Waals surface area contributed by atoms with Gasteiger partial charge in [-0.05, 0) is 42.3 Å². The predicted molar refractivity (Wildman–Crippen MR) is 125 cm³/mol. The van der Waals surface area contributed by atoms with E-state index in [0.717, 1.165) is 6.42 Å². The van der Waals surface area contributed by atoms with E-state index in [9.17, 15) is 9.18 Å². The van der Waals surface area contributed by atoms with E-state index in [1.54, 1.807) is 36.4 Å². The zero-order valence-corrected chi connectivity index (χ0v) is 19.2. The van der Waals surface area contributed by atoms with Gasteiger partial charge < -0.3 is 4.52 Å². The summed E-state index contributed by atoms with van der Waals surface area (Å²) in [6.07, 6.45) is 3.16. The first-order valence-electron chi connectivity index (χ1n) is 9.75. The maximum absolute atomic E-state index is 14.5. The first-order valence-corrected chi connectivity index (χ1v) is 11.5. The van der Waals surface area contributed by atoms with E-state index in [-0.39, 0.29) is 11.4 Å². The van der Waals surface area contributed by atoms with Gasteiger partial charge in [0, 0.05) is 6.42 Å². The summed E-state index contributed by atoms with van der Waals surface area (Å²) in [5.74, 6) is 0.352. The Hall–Kier alpha value is -2.68. The topological polar surface area (TPSA) is 71.6 Å². The number of aromatic nitrogens is 2. The van der Waals surface area contributed by atoms with Crippen molar-refractivity contribution in [1.29, 1.82) is 0 Å². The van der Waals surface area contributed by atoms with Crippen LogP contribution in [0.4, 0.5) is 10.1 Å². The molecule has 0 unspecified atom stereocenters. The summed E-state index contributed by atoms with van der Waals surface area (Å²) in [6, 6.07) is 11.0. The van der Waals surface area contributed by atoms with Crippen LogP contribution in [0.25, 0.3) is 6.08 Å². The van der Waals surface area contributed by atoms with Gasteiger partial charge in [0.05, 0.1) is 21.5 Å². The van der Waals surface area contributed by atoms with Crippen molar-refractivity contribution in [2.45, 2.75) is 25.5 Å². The van der Waals surface area contributed by atoms with Crippen LogP contribution in [-0.4, -0.2) is 21.2 Å². The second kappa shape index (κ2) is 9.85. The number of para-hydroxylation sites is 1. The molecule has 32 heavy (non-hydrogen) atoms. The van der Waals surface area contributed by atoms with Gasteiger partial charge >= 0.3 is 0 Å². The van der Waals surface area contributed by atoms with Crippen LogP contribution < -0.4 is 4.90 Å². The average Bonchev–Trinajstić information content (AvgIpc) is 3.34. The lowest BCUT2D eigenvalue weighted by Gasteiger charge is -2.17. The maximum atomic E-state index is 14.5. The fourth-order valence-corrected chi connectivity index (χ4v) is 4.15. The highest BCUT2D eigenvalue weighted by Crippen LogP contribution is 2.32. The molecule has 10 heteroatoms. The zero-order chi connectivity index (χ0) is 22.7. The molecular weight excluding hydrogens is 474 g/mol. The van der Waals surface area contributed by atoms with Crippen molar-refractivity contribution in [1.82, 2.24) is 10.1 Å². The van der Waals surface area contributed by atoms with Crippen LogP contribution in [0.2, 0.25) is 10.0 Å². The minimum Gasteiger partial charge on any atom is -0.339 e. The van der Waals surface area contributed by atoms with Crippen molar-refractivity contribution >= 4 is 57.8 Å². The molecule has 164 valence electrons. The van der Waals surface area contributed by atoms with Gasteiger partial charge in [0.15, 0.2) is 11.0 Å². The number of carbonyl (C=O) groups is 1. The minimum absolute atomic E-state index is 0.112. The van der Waals surface area contributed by atoms with Crippen molar-refractivity contribution in [2.24, 2.45) is 4.99 Å². The van der Waals surface area contributed by atoms with Crippen molar-refractivity contribution in [3.63, 3.8) is 0 Å². The molecule has 0 bridgehead atoms. The number of amidine groups is 1. The first-order chi connectivity index (χ1) is 15.5. The number of aryl methyl sites for hydroxylation is 1. The van der Waals surface area contributed by atoms with Crippen molar-refractivity contribution in [3.05, 3.63) is 81.3 Å². The van der Waals surface area contributed by atoms with Gasteiger partial charge in [0.1, 0.15) is 11.5 Å². The molecule has 0 radical (unpaired) electrons. The molecule has 4 rings (SSSR count). The Morgan fingerprint density at radius 3 is 2.75 bits per heavy atom. The molecule has 0 saturated heterocycles. The largest absolute Gasteiger partial charge is 0.339 e. The number of amides is 1. The molecule has 1 aliphatic heterocycles. The third-order valence-corrected chi connectivity index (χ3v) is 6.15. The monoisotopic (exact) mass is 490 g/mol. The Kier molecular flexibility index (Phi) is 6.93. The lowest BCUT2D eigenvalue weighted by atomic mass is 10.2. The van der Waals surface area contributed by atoms with E-state index >= 15 is 0 Å². The Balaban J connectivity index is 1.65. The SMILES string of the molecule is CCCc1nc(CSC2=NC(=Cc3ccc(Cl)c(Cl)c3)C(=O)N2c2ccccc2F)no1. The van der Waals surface area contributed by atoms with Gasteiger partial charge in [-0.3, -0.25) is 9.69 Å². The highest BCUT2D eigenvalue weighted by atomic mass is 35.5. The number of nitrogens with zero attached hydrogens (tertiary/aromatic N) is 4. The summed E-state index contributed by atoms with van der Waals surface area (Å²) in [7, 11) is 0. The number of carbonyl (C=O) groups excluding carboxylic acids is 1. The van der Waals surface area contributed by atoms with Crippen LogP contribution in [-0.2, 0) is 17.0 Å². The standard InChI is InChI=1S/C22H17Cl2FN4O2S/c1-2-5-20-27-19(28-31-20)12-32-22-26-17(11-13-8-9-14(23)15(24)10-13)21(30)29(22)18-7-4-3-6-16(18)25/h3-4,6-11H,2,5,12H2,1H3. The van der Waals surface area contributed by atoms with Crippen molar-refractivity contribution < 1.29 is 13.7 Å². The lowest BCUT2D eigenvalue weighted by molar-refractivity contribution is -0.113. The van der Waals surface area contributed by atoms with Crippen LogP contribution in [0.3, 0.4) is 0 Å². The number of benzene rings is 2. The molecule has 0 spiro atoms. The van der Waals surface area contributed by atoms with Crippen LogP contribution in [0, 0.1) is 5.82 Å². The molecule has 1 aromatic heterocycles. The summed E-state index contributed by atoms with van der Waals surface area (Å²) < 4.78 is 19.7. The summed E-state index contributed by atoms with van der Waals surface area (Å²) in [4.78, 5) is 23.2. The molecule has 2 heterocycles. The number of rotatable bonds is 6. The normalized spacial score (nSPS) is 15.0. The highest BCUT2D eigenvalue weighted by Gasteiger charge is 2.33. The summed E-state index contributed by atoms with van der Waals surface area (Å²) in [5, 5.41) is 5.03. The maximum Gasteiger partial charge on any atom is 0.283 e. The summed E-state index contributed by atoms with van der Waals surface area (Å²) in [6.45, 7) is 2.02. The number of hydrogen-bond donors (Lipinski definition) is 0. The Bertz CT molecular complexity index is 1230. The van der Waals surface area contributed by atoms with Crippen molar-refractivity contribution in [3.8, 4) is 0 Å². The molecule has 1 amide bonds. The van der Waals surface area contributed by atoms with Gasteiger partial charge in [-0.1, -0.05) is 65.2 Å². The third kappa shape index (κ3) is 4.87. The number of anilines is 1. The van der Waals surface area contributed by atoms with E-state index < -0.39 is 11.7 Å². The van der Waals surface area contributed by atoms with E-state index in [4.69, 9.17) is 27.7 Å². The van der Waals surface area contributed by atoms with Crippen LogP contribution in [0.5, 0.6) is 0 Å². The van der Waals surface area contributed by atoms with Gasteiger partial charge in [-0.25, -0.2) is 9.38 Å². The Morgan fingerprint density at radius 2 is 2.00 bits per heavy atom. The predicted octanol–water partition coefficient (Wildman–Crippen LogP) is 6.15. The number of aliphatic imine (C=N–C) groups is 1. The average molecular weight is 491 g/mol. The van der Waals surface area contributed by atoms with Gasteiger partial charge in [-0.15, -0.1) is 0 Å². The third-order valence-electron chi connectivity index (χ3n) is 4.47. The van der Waals surface area contributed by atoms with E-state index in [2.05, 4.69) is 15.1 Å². The minimum atomic E-state index is -0.533. The molecule has 0 fully saturated rings. The highest BCUT2D eigenvalue weighted by molar-refractivity contribution is 8.13. The van der Waals surface area contributed by atoms with Crippen LogP contribution in [0.1, 0.15) is 30.6 Å². The smallest absolute Gasteiger partial charge is 0.283 e. The van der Waals surface area contributed by atoms with Crippen LogP contribution in [0.15, 0.2) is 57.7 Å². The fraction of sp³-hybridized carbons (Fsp3) is 0.182. The lowest BCUT2D eigenvalue weighted by Crippen LogP contribution is -2.31. The molecule has 6 nitrogen and oxygen atoms in total. The molecule has 0 atom stereocenters. The van der Waals surface area contributed by atoms with Gasteiger partial charge in [0.2, 0.25) is 5.89 Å². The molecule has 0 N–H and O–H groups in total. The number of hydrogen-bond acceptors (Lipinski definition) is 6. The summed E-state index contributed by atoms with van der Waals surface area (Å²) >= 11 is 13.3. The van der Waals surface area contributed by atoms with Crippen LogP contribution >= 0.6 is 35.0 Å². The van der Waals surface area contributed by atoms with Gasteiger partial charge in [0.25, 0.3) is 5.91 Å². The fourth-order valence-electron chi connectivity index (χ4n) is 2.99. The second-order valence-corrected chi connectivity index (χ2v) is 8.59. The van der Waals surface area contributed by atoms with E-state index in [1.165, 1.54) is 28.8 Å². The summed E-state index contributed by atoms with van der Waals surface area (Å²) in [5.41, 5.74) is 0.906. The molecule has 3 aromatic rings. The number of thioether (sulfide) groups is 1. The van der Waals surface area contributed by atoms with Gasteiger partial charge in [-0.2, -0.15) is 4.98 Å². The molecule has 1 aliphatic rings. The van der Waals surface area contributed by atoms with Crippen molar-refractivity contribution in [2.75, 3.05) is 4.90 Å². The molecule has 2 aromatic carbocycles. The second-order valence-electron chi connectivity index (χ2n) is 6.83. The molecular formula is C22H17Cl2FN4O2S. The zero-order valence-electron chi connectivity index (χ0n) is 16.9. The molecule has 0 saturated carbocycles. The van der Waals surface area contributed by atoms with E-state index in [0.29, 0.717) is 44.7 Å². The quantitative estimate of drug-likeness (QED) is 0.387.